The zero-order valence-electron chi connectivity index (χ0n) is 7.58. The first-order chi connectivity index (χ1) is 6.04. The number of aliphatic hydroxyl groups is 1. The molecule has 0 radical (unpaired) electrons. The van der Waals surface area contributed by atoms with Crippen molar-refractivity contribution in [2.24, 2.45) is 5.73 Å². The highest BCUT2D eigenvalue weighted by molar-refractivity contribution is 5.97. The summed E-state index contributed by atoms with van der Waals surface area (Å²) in [6.07, 6.45) is 4.08. The first kappa shape index (κ1) is 11.2. The third-order valence-electron chi connectivity index (χ3n) is 1.41. The van der Waals surface area contributed by atoms with Crippen LogP contribution in [0, 0.1) is 0 Å². The fraction of sp³-hybridized carbons (Fsp3) is 0.100. The SMILES string of the molecule is C=C/C=C(C(C)=O)\C(O)=C(\N)C=C. The highest BCUT2D eigenvalue weighted by Gasteiger charge is 2.10. The van der Waals surface area contributed by atoms with Gasteiger partial charge in [-0.1, -0.05) is 19.2 Å². The van der Waals surface area contributed by atoms with Crippen LogP contribution in [0.2, 0.25) is 0 Å². The molecule has 0 unspecified atom stereocenters. The molecular weight excluding hydrogens is 166 g/mol. The van der Waals surface area contributed by atoms with E-state index in [1.165, 1.54) is 25.2 Å². The standard InChI is InChI=1S/C10H13NO2/c1-4-6-8(7(3)12)10(13)9(11)5-2/h4-6,13H,1-2,11H2,3H3/b8-6-,10-9-. The van der Waals surface area contributed by atoms with Crippen LogP contribution in [0.4, 0.5) is 0 Å². The molecule has 0 saturated carbocycles. The molecular formula is C10H13NO2. The van der Waals surface area contributed by atoms with E-state index in [2.05, 4.69) is 13.2 Å². The van der Waals surface area contributed by atoms with E-state index in [-0.39, 0.29) is 22.8 Å². The molecule has 3 nitrogen and oxygen atoms in total. The average Bonchev–Trinajstić information content (AvgIpc) is 2.11. The van der Waals surface area contributed by atoms with E-state index in [0.29, 0.717) is 0 Å². The Kier molecular flexibility index (Phi) is 4.30. The van der Waals surface area contributed by atoms with Crippen molar-refractivity contribution in [3.05, 3.63) is 48.4 Å². The van der Waals surface area contributed by atoms with Crippen molar-refractivity contribution in [2.75, 3.05) is 0 Å². The van der Waals surface area contributed by atoms with Crippen LogP contribution < -0.4 is 5.73 Å². The van der Waals surface area contributed by atoms with E-state index >= 15 is 0 Å². The third-order valence-corrected chi connectivity index (χ3v) is 1.41. The van der Waals surface area contributed by atoms with Crippen LogP contribution in [0.25, 0.3) is 0 Å². The van der Waals surface area contributed by atoms with Gasteiger partial charge in [0.15, 0.2) is 5.78 Å². The summed E-state index contributed by atoms with van der Waals surface area (Å²) in [5.74, 6) is -0.537. The third kappa shape index (κ3) is 2.99. The average molecular weight is 179 g/mol. The summed E-state index contributed by atoms with van der Waals surface area (Å²) in [6.45, 7) is 8.13. The Labute approximate surface area is 77.6 Å². The predicted octanol–water partition coefficient (Wildman–Crippen LogP) is 1.60. The number of carbonyl (C=O) groups is 1. The van der Waals surface area contributed by atoms with Crippen LogP contribution in [-0.4, -0.2) is 10.9 Å². The molecule has 0 saturated heterocycles. The second-order valence-corrected chi connectivity index (χ2v) is 2.38. The number of hydrogen-bond donors (Lipinski definition) is 2. The predicted molar refractivity (Wildman–Crippen MR) is 53.0 cm³/mol. The molecule has 0 amide bonds. The van der Waals surface area contributed by atoms with Crippen LogP contribution in [0.5, 0.6) is 0 Å². The Morgan fingerprint density at radius 2 is 2.00 bits per heavy atom. The van der Waals surface area contributed by atoms with E-state index in [4.69, 9.17) is 5.73 Å². The van der Waals surface area contributed by atoms with Gasteiger partial charge >= 0.3 is 0 Å². The molecule has 0 aromatic carbocycles. The van der Waals surface area contributed by atoms with E-state index in [1.54, 1.807) is 0 Å². The summed E-state index contributed by atoms with van der Waals surface area (Å²) < 4.78 is 0. The van der Waals surface area contributed by atoms with Gasteiger partial charge in [0.2, 0.25) is 0 Å². The van der Waals surface area contributed by atoms with Gasteiger partial charge in [0.25, 0.3) is 0 Å². The normalized spacial score (nSPS) is 13.2. The first-order valence-electron chi connectivity index (χ1n) is 3.69. The van der Waals surface area contributed by atoms with E-state index < -0.39 is 0 Å². The molecule has 0 aliphatic heterocycles. The first-order valence-corrected chi connectivity index (χ1v) is 3.69. The fourth-order valence-electron chi connectivity index (χ4n) is 0.733. The zero-order valence-corrected chi connectivity index (χ0v) is 7.58. The molecule has 0 heterocycles. The summed E-state index contributed by atoms with van der Waals surface area (Å²) in [6, 6.07) is 0. The second kappa shape index (κ2) is 4.98. The monoisotopic (exact) mass is 179 g/mol. The largest absolute Gasteiger partial charge is 0.505 e. The molecule has 0 aliphatic carbocycles. The van der Waals surface area contributed by atoms with Gasteiger partial charge in [0.1, 0.15) is 5.76 Å². The van der Waals surface area contributed by atoms with Crippen molar-refractivity contribution in [3.8, 4) is 0 Å². The highest BCUT2D eigenvalue weighted by Crippen LogP contribution is 2.10. The van der Waals surface area contributed by atoms with Gasteiger partial charge in [-0.3, -0.25) is 4.79 Å². The number of Topliss-reactive ketones (excluding diaryl/α,β-unsaturated/α-hetero) is 1. The molecule has 0 atom stereocenters. The van der Waals surface area contributed by atoms with Crippen molar-refractivity contribution in [3.63, 3.8) is 0 Å². The van der Waals surface area contributed by atoms with Gasteiger partial charge in [-0.25, -0.2) is 0 Å². The minimum Gasteiger partial charge on any atom is -0.505 e. The number of allylic oxidation sites excluding steroid dienone is 4. The van der Waals surface area contributed by atoms with Gasteiger partial charge in [0, 0.05) is 0 Å². The minimum absolute atomic E-state index is 0.0725. The zero-order chi connectivity index (χ0) is 10.4. The lowest BCUT2D eigenvalue weighted by Gasteiger charge is -2.03. The summed E-state index contributed by atoms with van der Waals surface area (Å²) >= 11 is 0. The topological polar surface area (TPSA) is 63.3 Å². The lowest BCUT2D eigenvalue weighted by Crippen LogP contribution is -2.06. The minimum atomic E-state index is -0.276. The fourth-order valence-corrected chi connectivity index (χ4v) is 0.733. The molecule has 3 heteroatoms. The summed E-state index contributed by atoms with van der Waals surface area (Å²) in [5, 5.41) is 9.43. The van der Waals surface area contributed by atoms with Crippen molar-refractivity contribution in [1.82, 2.24) is 0 Å². The van der Waals surface area contributed by atoms with E-state index in [9.17, 15) is 9.90 Å². The lowest BCUT2D eigenvalue weighted by atomic mass is 10.1. The van der Waals surface area contributed by atoms with Crippen molar-refractivity contribution < 1.29 is 9.90 Å². The molecule has 0 spiro atoms. The molecule has 0 rings (SSSR count). The number of rotatable bonds is 4. The molecule has 3 N–H and O–H groups in total. The molecule has 13 heavy (non-hydrogen) atoms. The number of hydrogen-bond acceptors (Lipinski definition) is 3. The van der Waals surface area contributed by atoms with Crippen molar-refractivity contribution in [2.45, 2.75) is 6.92 Å². The van der Waals surface area contributed by atoms with Gasteiger partial charge < -0.3 is 10.8 Å². The molecule has 0 aliphatic rings. The van der Waals surface area contributed by atoms with Crippen molar-refractivity contribution >= 4 is 5.78 Å². The quantitative estimate of drug-likeness (QED) is 0.391. The second-order valence-electron chi connectivity index (χ2n) is 2.38. The van der Waals surface area contributed by atoms with E-state index in [1.807, 2.05) is 0 Å². The number of carbonyl (C=O) groups excluding carboxylic acids is 1. The summed E-state index contributed by atoms with van der Waals surface area (Å²) in [7, 11) is 0. The Balaban J connectivity index is 5.21. The Hall–Kier alpha value is -1.77. The van der Waals surface area contributed by atoms with Crippen molar-refractivity contribution in [1.29, 1.82) is 0 Å². The van der Waals surface area contributed by atoms with Crippen LogP contribution in [0.1, 0.15) is 6.92 Å². The lowest BCUT2D eigenvalue weighted by molar-refractivity contribution is -0.113. The molecule has 70 valence electrons. The molecule has 0 aromatic rings. The summed E-state index contributed by atoms with van der Waals surface area (Å²) in [4.78, 5) is 11.0. The molecule has 0 aromatic heterocycles. The number of ketones is 1. The Morgan fingerprint density at radius 3 is 2.31 bits per heavy atom. The van der Waals surface area contributed by atoms with Crippen LogP contribution in [-0.2, 0) is 4.79 Å². The van der Waals surface area contributed by atoms with Gasteiger partial charge in [-0.05, 0) is 19.1 Å². The van der Waals surface area contributed by atoms with Gasteiger partial charge in [-0.2, -0.15) is 0 Å². The molecule has 0 bridgehead atoms. The van der Waals surface area contributed by atoms with Crippen LogP contribution in [0.15, 0.2) is 48.4 Å². The van der Waals surface area contributed by atoms with Crippen LogP contribution in [0.3, 0.4) is 0 Å². The Morgan fingerprint density at radius 1 is 1.46 bits per heavy atom. The van der Waals surface area contributed by atoms with Gasteiger partial charge in [0.05, 0.1) is 11.3 Å². The van der Waals surface area contributed by atoms with Gasteiger partial charge in [-0.15, -0.1) is 0 Å². The Bertz CT molecular complexity index is 298. The maximum atomic E-state index is 11.0. The maximum Gasteiger partial charge on any atom is 0.163 e. The number of nitrogens with two attached hydrogens (primary N) is 1. The summed E-state index contributed by atoms with van der Waals surface area (Å²) in [5.41, 5.74) is 5.57. The molecule has 0 fully saturated rings. The van der Waals surface area contributed by atoms with E-state index in [0.717, 1.165) is 0 Å². The maximum absolute atomic E-state index is 11.0. The number of aliphatic hydroxyl groups excluding tert-OH is 1. The smallest absolute Gasteiger partial charge is 0.163 e. The van der Waals surface area contributed by atoms with Crippen LogP contribution >= 0.6 is 0 Å². The highest BCUT2D eigenvalue weighted by atomic mass is 16.3.